The molecular formula is C8H13BrN4S. The zero-order chi connectivity index (χ0) is 8.93. The van der Waals surface area contributed by atoms with Crippen LogP contribution >= 0.6 is 28.7 Å². The van der Waals surface area contributed by atoms with Crippen LogP contribution in [0.25, 0.3) is 0 Å². The van der Waals surface area contributed by atoms with Gasteiger partial charge in [0.25, 0.3) is 0 Å². The molecule has 14 heavy (non-hydrogen) atoms. The van der Waals surface area contributed by atoms with Crippen LogP contribution in [0.4, 0.5) is 0 Å². The minimum absolute atomic E-state index is 0. The summed E-state index contributed by atoms with van der Waals surface area (Å²) in [4.78, 5) is 11.3. The molecule has 0 fully saturated rings. The molecule has 0 saturated heterocycles. The molecule has 0 atom stereocenters. The molecule has 0 bridgehead atoms. The van der Waals surface area contributed by atoms with Gasteiger partial charge in [-0.2, -0.15) is 0 Å². The summed E-state index contributed by atoms with van der Waals surface area (Å²) in [5, 5.41) is 4.31. The molecule has 4 nitrogen and oxygen atoms in total. The van der Waals surface area contributed by atoms with Crippen molar-refractivity contribution in [2.24, 2.45) is 4.99 Å². The van der Waals surface area contributed by atoms with Crippen molar-refractivity contribution in [3.63, 3.8) is 0 Å². The van der Waals surface area contributed by atoms with Crippen molar-refractivity contribution >= 4 is 33.9 Å². The Bertz CT molecular complexity index is 286. The molecule has 78 valence electrons. The number of H-pyrrole nitrogens is 1. The van der Waals surface area contributed by atoms with Gasteiger partial charge in [-0.15, -0.1) is 17.0 Å². The summed E-state index contributed by atoms with van der Waals surface area (Å²) < 4.78 is 0. The number of hydrogen-bond donors (Lipinski definition) is 2. The third-order valence-corrected chi connectivity index (χ3v) is 2.76. The number of nitrogens with one attached hydrogen (secondary N) is 2. The number of aliphatic imine (C=N–C) groups is 1. The average Bonchev–Trinajstić information content (AvgIpc) is 2.75. The Kier molecular flexibility index (Phi) is 5.03. The van der Waals surface area contributed by atoms with E-state index in [9.17, 15) is 0 Å². The Morgan fingerprint density at radius 3 is 3.07 bits per heavy atom. The molecule has 0 unspecified atom stereocenters. The second kappa shape index (κ2) is 6.08. The van der Waals surface area contributed by atoms with Crippen molar-refractivity contribution in [1.29, 1.82) is 0 Å². The number of halogens is 1. The van der Waals surface area contributed by atoms with E-state index in [1.54, 1.807) is 18.1 Å². The van der Waals surface area contributed by atoms with Gasteiger partial charge in [0.15, 0.2) is 5.17 Å². The monoisotopic (exact) mass is 276 g/mol. The molecule has 0 amide bonds. The maximum Gasteiger partial charge on any atom is 0.156 e. The first-order valence-corrected chi connectivity index (χ1v) is 5.32. The van der Waals surface area contributed by atoms with E-state index in [4.69, 9.17) is 0 Å². The quantitative estimate of drug-likeness (QED) is 0.873. The van der Waals surface area contributed by atoms with Gasteiger partial charge < -0.3 is 10.3 Å². The Labute approximate surface area is 97.8 Å². The molecule has 2 rings (SSSR count). The first kappa shape index (κ1) is 11.6. The highest BCUT2D eigenvalue weighted by atomic mass is 79.9. The fourth-order valence-corrected chi connectivity index (χ4v) is 2.05. The molecule has 1 aromatic rings. The van der Waals surface area contributed by atoms with Gasteiger partial charge in [0.05, 0.1) is 12.9 Å². The Hall–Kier alpha value is -0.490. The molecule has 0 aliphatic carbocycles. The van der Waals surface area contributed by atoms with E-state index >= 15 is 0 Å². The highest BCUT2D eigenvalue weighted by Crippen LogP contribution is 2.07. The molecule has 1 aliphatic rings. The second-order valence-electron chi connectivity index (χ2n) is 2.79. The number of thioether (sulfide) groups is 1. The number of nitrogens with zero attached hydrogens (tertiary/aromatic N) is 2. The molecule has 2 N–H and O–H groups in total. The SMILES string of the molecule is Br.c1ncc(CCSC2=NCCN2)[nH]1. The van der Waals surface area contributed by atoms with Gasteiger partial charge in [0, 0.05) is 24.2 Å². The molecular weight excluding hydrogens is 264 g/mol. The summed E-state index contributed by atoms with van der Waals surface area (Å²) in [5.41, 5.74) is 1.19. The lowest BCUT2D eigenvalue weighted by molar-refractivity contribution is 0.963. The smallest absolute Gasteiger partial charge is 0.156 e. The van der Waals surface area contributed by atoms with E-state index in [0.717, 1.165) is 30.4 Å². The van der Waals surface area contributed by atoms with E-state index in [1.807, 2.05) is 6.20 Å². The van der Waals surface area contributed by atoms with Crippen LogP contribution in [-0.4, -0.2) is 34.0 Å². The van der Waals surface area contributed by atoms with Crippen LogP contribution in [0.15, 0.2) is 17.5 Å². The van der Waals surface area contributed by atoms with Crippen molar-refractivity contribution in [3.8, 4) is 0 Å². The first-order chi connectivity index (χ1) is 6.45. The number of rotatable bonds is 3. The first-order valence-electron chi connectivity index (χ1n) is 4.33. The fourth-order valence-electron chi connectivity index (χ4n) is 1.15. The second-order valence-corrected chi connectivity index (χ2v) is 3.87. The molecule has 1 aliphatic heterocycles. The van der Waals surface area contributed by atoms with Gasteiger partial charge in [-0.1, -0.05) is 11.8 Å². The number of amidine groups is 1. The Balaban J connectivity index is 0.000000980. The van der Waals surface area contributed by atoms with Crippen molar-refractivity contribution < 1.29 is 0 Å². The number of aromatic nitrogens is 2. The molecule has 0 spiro atoms. The number of imidazole rings is 1. The van der Waals surface area contributed by atoms with Gasteiger partial charge in [-0.25, -0.2) is 4.98 Å². The maximum atomic E-state index is 4.30. The molecule has 0 aromatic carbocycles. The van der Waals surface area contributed by atoms with Crippen molar-refractivity contribution in [2.45, 2.75) is 6.42 Å². The van der Waals surface area contributed by atoms with Crippen LogP contribution in [0.3, 0.4) is 0 Å². The zero-order valence-corrected chi connectivity index (χ0v) is 10.2. The highest BCUT2D eigenvalue weighted by molar-refractivity contribution is 8.93. The summed E-state index contributed by atoms with van der Waals surface area (Å²) in [6.45, 7) is 1.92. The standard InChI is InChI=1S/C8H12N4S.BrH/c1(7-5-9-6-12-7)4-13-8-10-2-3-11-8;/h5-6H,1-4H2,(H,9,12)(H,10,11);1H. The minimum atomic E-state index is 0. The van der Waals surface area contributed by atoms with Crippen LogP contribution in [0.1, 0.15) is 5.69 Å². The Morgan fingerprint density at radius 2 is 2.43 bits per heavy atom. The average molecular weight is 277 g/mol. The predicted octanol–water partition coefficient (Wildman–Crippen LogP) is 1.22. The highest BCUT2D eigenvalue weighted by Gasteiger charge is 2.04. The lowest BCUT2D eigenvalue weighted by atomic mass is 10.4. The molecule has 2 heterocycles. The van der Waals surface area contributed by atoms with E-state index in [2.05, 4.69) is 20.3 Å². The topological polar surface area (TPSA) is 53.1 Å². The molecule has 0 saturated carbocycles. The van der Waals surface area contributed by atoms with Crippen molar-refractivity contribution in [1.82, 2.24) is 15.3 Å². The maximum absolute atomic E-state index is 4.30. The van der Waals surface area contributed by atoms with Gasteiger partial charge >= 0.3 is 0 Å². The summed E-state index contributed by atoms with van der Waals surface area (Å²) >= 11 is 1.77. The lowest BCUT2D eigenvalue weighted by Crippen LogP contribution is -2.15. The van der Waals surface area contributed by atoms with Crippen molar-refractivity contribution in [2.75, 3.05) is 18.8 Å². The van der Waals surface area contributed by atoms with Crippen molar-refractivity contribution in [3.05, 3.63) is 18.2 Å². The van der Waals surface area contributed by atoms with E-state index in [0.29, 0.717) is 0 Å². The number of aryl methyl sites for hydroxylation is 1. The van der Waals surface area contributed by atoms with Crippen LogP contribution < -0.4 is 5.32 Å². The predicted molar refractivity (Wildman–Crippen MR) is 65.4 cm³/mol. The van der Waals surface area contributed by atoms with Crippen LogP contribution in [-0.2, 0) is 6.42 Å². The molecule has 6 heteroatoms. The van der Waals surface area contributed by atoms with Crippen LogP contribution in [0.5, 0.6) is 0 Å². The van der Waals surface area contributed by atoms with Gasteiger partial charge in [0.1, 0.15) is 0 Å². The van der Waals surface area contributed by atoms with Gasteiger partial charge in [0.2, 0.25) is 0 Å². The fraction of sp³-hybridized carbons (Fsp3) is 0.500. The van der Waals surface area contributed by atoms with E-state index in [1.165, 1.54) is 5.69 Å². The van der Waals surface area contributed by atoms with E-state index in [-0.39, 0.29) is 17.0 Å². The number of hydrogen-bond acceptors (Lipinski definition) is 4. The lowest BCUT2D eigenvalue weighted by Gasteiger charge is -1.99. The number of aromatic amines is 1. The van der Waals surface area contributed by atoms with Gasteiger partial charge in [-0.05, 0) is 6.42 Å². The summed E-state index contributed by atoms with van der Waals surface area (Å²) in [5.74, 6) is 1.05. The summed E-state index contributed by atoms with van der Waals surface area (Å²) in [7, 11) is 0. The minimum Gasteiger partial charge on any atom is -0.363 e. The zero-order valence-electron chi connectivity index (χ0n) is 7.69. The third-order valence-electron chi connectivity index (χ3n) is 1.81. The normalized spacial score (nSPS) is 14.4. The molecule has 1 aromatic heterocycles. The largest absolute Gasteiger partial charge is 0.363 e. The van der Waals surface area contributed by atoms with Crippen LogP contribution in [0, 0.1) is 0 Å². The molecule has 0 radical (unpaired) electrons. The summed E-state index contributed by atoms with van der Waals surface area (Å²) in [6.07, 6.45) is 4.60. The third kappa shape index (κ3) is 3.34. The van der Waals surface area contributed by atoms with E-state index < -0.39 is 0 Å². The Morgan fingerprint density at radius 1 is 1.50 bits per heavy atom. The summed E-state index contributed by atoms with van der Waals surface area (Å²) in [6, 6.07) is 0. The van der Waals surface area contributed by atoms with Crippen LogP contribution in [0.2, 0.25) is 0 Å². The van der Waals surface area contributed by atoms with Gasteiger partial charge in [-0.3, -0.25) is 4.99 Å².